The highest BCUT2D eigenvalue weighted by Gasteiger charge is 2.25. The zero-order valence-electron chi connectivity index (χ0n) is 15.5. The maximum absolute atomic E-state index is 12.4. The predicted octanol–water partition coefficient (Wildman–Crippen LogP) is 4.66. The van der Waals surface area contributed by atoms with E-state index in [4.69, 9.17) is 4.42 Å². The van der Waals surface area contributed by atoms with Crippen molar-refractivity contribution in [3.63, 3.8) is 0 Å². The second kappa shape index (κ2) is 8.15. The van der Waals surface area contributed by atoms with Gasteiger partial charge in [-0.1, -0.05) is 18.7 Å². The molecule has 144 valence electrons. The number of thiophene rings is 1. The van der Waals surface area contributed by atoms with E-state index in [2.05, 4.69) is 34.2 Å². The number of thiazole rings is 1. The Balaban J connectivity index is 1.41. The Bertz CT molecular complexity index is 1050. The SMILES string of the molecule is Cc1csc(C(C#N)C(=O)CSc2nnc(-c3cc4c(s3)CCC(C)C4)o2)n1. The number of nitrogens with zero attached hydrogens (tertiary/aromatic N) is 4. The van der Waals surface area contributed by atoms with Gasteiger partial charge in [-0.2, -0.15) is 5.26 Å². The first-order valence-electron chi connectivity index (χ1n) is 8.96. The molecule has 0 spiro atoms. The standard InChI is InChI=1S/C19H18N4O2S3/c1-10-3-4-15-12(5-10)6-16(28-15)17-22-23-19(25-17)27-9-14(24)13(7-20)18-21-11(2)8-26-18/h6,8,10,13H,3-5,9H2,1-2H3. The first-order valence-corrected chi connectivity index (χ1v) is 11.6. The lowest BCUT2D eigenvalue weighted by atomic mass is 9.90. The third kappa shape index (κ3) is 4.04. The molecule has 9 heteroatoms. The van der Waals surface area contributed by atoms with Crippen LogP contribution < -0.4 is 0 Å². The molecule has 3 heterocycles. The summed E-state index contributed by atoms with van der Waals surface area (Å²) in [4.78, 5) is 19.1. The number of carbonyl (C=O) groups is 1. The van der Waals surface area contributed by atoms with Crippen molar-refractivity contribution in [1.82, 2.24) is 15.2 Å². The van der Waals surface area contributed by atoms with Crippen LogP contribution in [0.15, 0.2) is 21.1 Å². The number of aryl methyl sites for hydroxylation is 2. The zero-order valence-corrected chi connectivity index (χ0v) is 17.9. The van der Waals surface area contributed by atoms with E-state index in [-0.39, 0.29) is 11.5 Å². The van der Waals surface area contributed by atoms with Crippen LogP contribution >= 0.6 is 34.4 Å². The van der Waals surface area contributed by atoms with Crippen molar-refractivity contribution in [3.8, 4) is 16.8 Å². The zero-order chi connectivity index (χ0) is 19.7. The van der Waals surface area contributed by atoms with Crippen molar-refractivity contribution in [3.05, 3.63) is 32.6 Å². The Morgan fingerprint density at radius 1 is 1.50 bits per heavy atom. The largest absolute Gasteiger partial charge is 0.410 e. The van der Waals surface area contributed by atoms with Gasteiger partial charge in [-0.05, 0) is 43.7 Å². The Labute approximate surface area is 175 Å². The number of carbonyl (C=O) groups excluding carboxylic acids is 1. The summed E-state index contributed by atoms with van der Waals surface area (Å²) >= 11 is 4.21. The summed E-state index contributed by atoms with van der Waals surface area (Å²) in [5.41, 5.74) is 2.20. The summed E-state index contributed by atoms with van der Waals surface area (Å²) in [7, 11) is 0. The minimum atomic E-state index is -0.848. The molecule has 3 aromatic rings. The van der Waals surface area contributed by atoms with E-state index in [1.165, 1.54) is 28.2 Å². The highest BCUT2D eigenvalue weighted by molar-refractivity contribution is 7.99. The van der Waals surface area contributed by atoms with Crippen LogP contribution in [0.2, 0.25) is 0 Å². The number of aromatic nitrogens is 3. The number of rotatable bonds is 6. The number of hydrogen-bond acceptors (Lipinski definition) is 9. The van der Waals surface area contributed by atoms with Crippen molar-refractivity contribution in [2.75, 3.05) is 5.75 Å². The molecule has 1 aliphatic carbocycles. The van der Waals surface area contributed by atoms with Crippen LogP contribution in [0.4, 0.5) is 0 Å². The van der Waals surface area contributed by atoms with Crippen molar-refractivity contribution in [1.29, 1.82) is 5.26 Å². The molecule has 3 aromatic heterocycles. The van der Waals surface area contributed by atoms with Crippen molar-refractivity contribution >= 4 is 40.2 Å². The van der Waals surface area contributed by atoms with Crippen LogP contribution in [0.3, 0.4) is 0 Å². The summed E-state index contributed by atoms with van der Waals surface area (Å²) in [5, 5.41) is 20.3. The number of ketones is 1. The fourth-order valence-electron chi connectivity index (χ4n) is 3.16. The van der Waals surface area contributed by atoms with E-state index < -0.39 is 5.92 Å². The van der Waals surface area contributed by atoms with E-state index >= 15 is 0 Å². The van der Waals surface area contributed by atoms with Crippen LogP contribution in [-0.4, -0.2) is 26.7 Å². The molecule has 0 aromatic carbocycles. The average molecular weight is 431 g/mol. The Hall–Kier alpha value is -2.02. The lowest BCUT2D eigenvalue weighted by Crippen LogP contribution is -2.13. The van der Waals surface area contributed by atoms with Gasteiger partial charge in [0.1, 0.15) is 5.01 Å². The quantitative estimate of drug-likeness (QED) is 0.525. The van der Waals surface area contributed by atoms with Gasteiger partial charge in [0.2, 0.25) is 0 Å². The molecule has 6 nitrogen and oxygen atoms in total. The number of fused-ring (bicyclic) bond motifs is 1. The molecule has 0 amide bonds. The molecule has 4 rings (SSSR count). The fraction of sp³-hybridized carbons (Fsp3) is 0.421. The third-order valence-corrected chi connectivity index (χ3v) is 7.71. The summed E-state index contributed by atoms with van der Waals surface area (Å²) in [6.45, 7) is 4.12. The highest BCUT2D eigenvalue weighted by Crippen LogP contribution is 2.37. The van der Waals surface area contributed by atoms with Crippen LogP contribution in [0.25, 0.3) is 10.8 Å². The number of thioether (sulfide) groups is 1. The van der Waals surface area contributed by atoms with Gasteiger partial charge in [-0.3, -0.25) is 4.79 Å². The number of Topliss-reactive ketones (excluding diaryl/α,β-unsaturated/α-hetero) is 1. The molecular formula is C19H18N4O2S3. The number of hydrogen-bond donors (Lipinski definition) is 0. The lowest BCUT2D eigenvalue weighted by molar-refractivity contribution is -0.116. The molecule has 0 radical (unpaired) electrons. The minimum Gasteiger partial charge on any atom is -0.410 e. The van der Waals surface area contributed by atoms with Gasteiger partial charge >= 0.3 is 0 Å². The molecule has 0 saturated carbocycles. The van der Waals surface area contributed by atoms with Crippen molar-refractivity contribution in [2.45, 2.75) is 44.3 Å². The van der Waals surface area contributed by atoms with Gasteiger partial charge in [0.25, 0.3) is 11.1 Å². The van der Waals surface area contributed by atoms with Crippen LogP contribution in [-0.2, 0) is 17.6 Å². The molecule has 0 fully saturated rings. The van der Waals surface area contributed by atoms with Gasteiger partial charge < -0.3 is 4.42 Å². The molecule has 0 bridgehead atoms. The Kier molecular flexibility index (Phi) is 5.62. The molecule has 2 unspecified atom stereocenters. The minimum absolute atomic E-state index is 0.0942. The third-order valence-electron chi connectivity index (χ3n) is 4.62. The first kappa shape index (κ1) is 19.3. The molecule has 0 saturated heterocycles. The van der Waals surface area contributed by atoms with E-state index in [0.29, 0.717) is 22.0 Å². The van der Waals surface area contributed by atoms with Gasteiger partial charge in [0.05, 0.1) is 16.7 Å². The summed E-state index contributed by atoms with van der Waals surface area (Å²) < 4.78 is 5.75. The summed E-state index contributed by atoms with van der Waals surface area (Å²) in [6, 6.07) is 4.20. The Morgan fingerprint density at radius 3 is 3.11 bits per heavy atom. The Morgan fingerprint density at radius 2 is 2.36 bits per heavy atom. The molecule has 0 N–H and O–H groups in total. The van der Waals surface area contributed by atoms with Gasteiger partial charge in [0, 0.05) is 16.0 Å². The highest BCUT2D eigenvalue weighted by atomic mass is 32.2. The molecule has 2 atom stereocenters. The topological polar surface area (TPSA) is 92.7 Å². The summed E-state index contributed by atoms with van der Waals surface area (Å²) in [6.07, 6.45) is 3.43. The van der Waals surface area contributed by atoms with E-state index in [0.717, 1.165) is 35.2 Å². The van der Waals surface area contributed by atoms with E-state index in [1.807, 2.05) is 12.3 Å². The normalized spacial score (nSPS) is 17.1. The number of nitriles is 1. The van der Waals surface area contributed by atoms with Gasteiger partial charge in [0.15, 0.2) is 11.7 Å². The second-order valence-corrected chi connectivity index (χ2v) is 9.88. The predicted molar refractivity (Wildman–Crippen MR) is 110 cm³/mol. The maximum Gasteiger partial charge on any atom is 0.277 e. The average Bonchev–Trinajstić information content (AvgIpc) is 3.39. The van der Waals surface area contributed by atoms with Crippen LogP contribution in [0.5, 0.6) is 0 Å². The monoisotopic (exact) mass is 430 g/mol. The van der Waals surface area contributed by atoms with Gasteiger partial charge in [-0.15, -0.1) is 32.9 Å². The molecule has 1 aliphatic rings. The van der Waals surface area contributed by atoms with Crippen molar-refractivity contribution in [2.24, 2.45) is 5.92 Å². The van der Waals surface area contributed by atoms with Gasteiger partial charge in [-0.25, -0.2) is 4.98 Å². The van der Waals surface area contributed by atoms with E-state index in [1.54, 1.807) is 11.3 Å². The maximum atomic E-state index is 12.4. The second-order valence-electron chi connectivity index (χ2n) is 6.92. The molecule has 28 heavy (non-hydrogen) atoms. The molecular weight excluding hydrogens is 412 g/mol. The molecule has 0 aliphatic heterocycles. The first-order chi connectivity index (χ1) is 13.5. The smallest absolute Gasteiger partial charge is 0.277 e. The van der Waals surface area contributed by atoms with Crippen LogP contribution in [0, 0.1) is 24.2 Å². The van der Waals surface area contributed by atoms with E-state index in [9.17, 15) is 10.1 Å². The fourth-order valence-corrected chi connectivity index (χ4v) is 5.82. The summed E-state index contributed by atoms with van der Waals surface area (Å²) in [5.74, 6) is 0.248. The van der Waals surface area contributed by atoms with Crippen LogP contribution in [0.1, 0.15) is 40.4 Å². The van der Waals surface area contributed by atoms with Crippen molar-refractivity contribution < 1.29 is 9.21 Å². The lowest BCUT2D eigenvalue weighted by Gasteiger charge is -2.16.